The Balaban J connectivity index is 2.02. The van der Waals surface area contributed by atoms with Crippen molar-refractivity contribution in [2.45, 2.75) is 31.8 Å². The van der Waals surface area contributed by atoms with Crippen molar-refractivity contribution in [1.82, 2.24) is 0 Å². The fourth-order valence-electron chi connectivity index (χ4n) is 2.68. The van der Waals surface area contributed by atoms with Crippen LogP contribution in [0.1, 0.15) is 36.5 Å². The number of anilines is 1. The van der Waals surface area contributed by atoms with E-state index in [4.69, 9.17) is 0 Å². The predicted molar refractivity (Wildman–Crippen MR) is 79.4 cm³/mol. The minimum absolute atomic E-state index is 0.0879. The molecule has 0 heterocycles. The number of ether oxygens (including phenoxy) is 1. The monoisotopic (exact) mass is 305 g/mol. The van der Waals surface area contributed by atoms with Crippen LogP contribution >= 0.6 is 0 Å². The number of hydrogen-bond donors (Lipinski definition) is 2. The lowest BCUT2D eigenvalue weighted by atomic mass is 9.78. The second kappa shape index (κ2) is 6.27. The highest BCUT2D eigenvalue weighted by molar-refractivity contribution is 5.97. The SMILES string of the molecule is COC(=O)c1ccc(NC(=O)C2CC(=O)CC(C)(O)C2)cc1. The van der Waals surface area contributed by atoms with Crippen LogP contribution in [0.4, 0.5) is 5.69 Å². The van der Waals surface area contributed by atoms with Crippen molar-refractivity contribution < 1.29 is 24.2 Å². The van der Waals surface area contributed by atoms with Gasteiger partial charge in [-0.2, -0.15) is 0 Å². The molecule has 2 N–H and O–H groups in total. The van der Waals surface area contributed by atoms with Gasteiger partial charge >= 0.3 is 5.97 Å². The molecule has 6 nitrogen and oxygen atoms in total. The van der Waals surface area contributed by atoms with Crippen LogP contribution in [0.2, 0.25) is 0 Å². The molecule has 1 amide bonds. The van der Waals surface area contributed by atoms with Gasteiger partial charge in [0.25, 0.3) is 0 Å². The van der Waals surface area contributed by atoms with Crippen LogP contribution in [0.15, 0.2) is 24.3 Å². The van der Waals surface area contributed by atoms with E-state index >= 15 is 0 Å². The molecule has 1 saturated carbocycles. The summed E-state index contributed by atoms with van der Waals surface area (Å²) in [6, 6.07) is 6.27. The Hall–Kier alpha value is -2.21. The highest BCUT2D eigenvalue weighted by Crippen LogP contribution is 2.30. The van der Waals surface area contributed by atoms with Gasteiger partial charge in [0.15, 0.2) is 0 Å². The van der Waals surface area contributed by atoms with Crippen molar-refractivity contribution >= 4 is 23.3 Å². The van der Waals surface area contributed by atoms with Crippen LogP contribution in [0.3, 0.4) is 0 Å². The minimum Gasteiger partial charge on any atom is -0.465 e. The van der Waals surface area contributed by atoms with E-state index < -0.39 is 17.5 Å². The largest absolute Gasteiger partial charge is 0.465 e. The van der Waals surface area contributed by atoms with Gasteiger partial charge in [-0.25, -0.2) is 4.79 Å². The van der Waals surface area contributed by atoms with E-state index in [1.54, 1.807) is 31.2 Å². The van der Waals surface area contributed by atoms with Crippen molar-refractivity contribution in [2.75, 3.05) is 12.4 Å². The Morgan fingerprint density at radius 2 is 1.95 bits per heavy atom. The van der Waals surface area contributed by atoms with Gasteiger partial charge in [0, 0.05) is 24.4 Å². The van der Waals surface area contributed by atoms with Crippen molar-refractivity contribution in [2.24, 2.45) is 5.92 Å². The number of rotatable bonds is 3. The first-order valence-electron chi connectivity index (χ1n) is 7.04. The first kappa shape index (κ1) is 16.2. The number of nitrogens with one attached hydrogen (secondary N) is 1. The van der Waals surface area contributed by atoms with Gasteiger partial charge in [-0.1, -0.05) is 0 Å². The number of methoxy groups -OCH3 is 1. The van der Waals surface area contributed by atoms with Crippen LogP contribution in [-0.2, 0) is 14.3 Å². The van der Waals surface area contributed by atoms with Gasteiger partial charge in [-0.05, 0) is 37.6 Å². The zero-order valence-corrected chi connectivity index (χ0v) is 12.6. The smallest absolute Gasteiger partial charge is 0.337 e. The minimum atomic E-state index is -1.13. The van der Waals surface area contributed by atoms with Gasteiger partial charge in [0.1, 0.15) is 5.78 Å². The van der Waals surface area contributed by atoms with Crippen LogP contribution in [0, 0.1) is 5.92 Å². The third kappa shape index (κ3) is 3.92. The van der Waals surface area contributed by atoms with Crippen molar-refractivity contribution in [3.05, 3.63) is 29.8 Å². The summed E-state index contributed by atoms with van der Waals surface area (Å²) in [6.45, 7) is 1.56. The number of benzene rings is 1. The van der Waals surface area contributed by atoms with E-state index in [0.29, 0.717) is 11.3 Å². The zero-order valence-electron chi connectivity index (χ0n) is 12.6. The molecule has 2 atom stereocenters. The molecule has 0 bridgehead atoms. The van der Waals surface area contributed by atoms with Crippen LogP contribution in [-0.4, -0.2) is 35.5 Å². The van der Waals surface area contributed by atoms with Gasteiger partial charge in [-0.15, -0.1) is 0 Å². The predicted octanol–water partition coefficient (Wildman–Crippen LogP) is 1.53. The number of hydrogen-bond acceptors (Lipinski definition) is 5. The molecule has 2 rings (SSSR count). The van der Waals surface area contributed by atoms with Gasteiger partial charge in [0.05, 0.1) is 18.3 Å². The molecule has 1 aliphatic carbocycles. The fourth-order valence-corrected chi connectivity index (χ4v) is 2.68. The normalized spacial score (nSPS) is 24.7. The van der Waals surface area contributed by atoms with Gasteiger partial charge < -0.3 is 15.2 Å². The quantitative estimate of drug-likeness (QED) is 0.826. The first-order chi connectivity index (χ1) is 10.3. The Labute approximate surface area is 128 Å². The maximum Gasteiger partial charge on any atom is 0.337 e. The first-order valence-corrected chi connectivity index (χ1v) is 7.04. The van der Waals surface area contributed by atoms with Gasteiger partial charge in [-0.3, -0.25) is 9.59 Å². The van der Waals surface area contributed by atoms with E-state index in [-0.39, 0.29) is 31.0 Å². The summed E-state index contributed by atoms with van der Waals surface area (Å²) in [4.78, 5) is 35.1. The summed E-state index contributed by atoms with van der Waals surface area (Å²) in [5, 5.41) is 12.7. The van der Waals surface area contributed by atoms with E-state index in [0.717, 1.165) is 0 Å². The van der Waals surface area contributed by atoms with Crippen LogP contribution in [0.5, 0.6) is 0 Å². The standard InChI is InChI=1S/C16H19NO5/c1-16(21)8-11(7-13(18)9-16)14(19)17-12-5-3-10(4-6-12)15(20)22-2/h3-6,11,21H,7-9H2,1-2H3,(H,17,19). The third-order valence-electron chi connectivity index (χ3n) is 3.68. The number of esters is 1. The summed E-state index contributed by atoms with van der Waals surface area (Å²) in [5.41, 5.74) is -0.224. The number of carbonyl (C=O) groups is 3. The summed E-state index contributed by atoms with van der Waals surface area (Å²) in [5.74, 6) is -1.42. The van der Waals surface area contributed by atoms with E-state index in [9.17, 15) is 19.5 Å². The van der Waals surface area contributed by atoms with E-state index in [1.807, 2.05) is 0 Å². The van der Waals surface area contributed by atoms with Crippen molar-refractivity contribution in [3.8, 4) is 0 Å². The Bertz CT molecular complexity index is 591. The summed E-state index contributed by atoms with van der Waals surface area (Å²) >= 11 is 0. The lowest BCUT2D eigenvalue weighted by Crippen LogP contribution is -2.41. The van der Waals surface area contributed by atoms with Crippen molar-refractivity contribution in [3.63, 3.8) is 0 Å². The van der Waals surface area contributed by atoms with Crippen LogP contribution < -0.4 is 5.32 Å². The zero-order chi connectivity index (χ0) is 16.3. The molecule has 1 aliphatic rings. The molecule has 0 aliphatic heterocycles. The number of amides is 1. The Morgan fingerprint density at radius 1 is 1.32 bits per heavy atom. The summed E-state index contributed by atoms with van der Waals surface area (Å²) in [6.07, 6.45) is 0.484. The maximum absolute atomic E-state index is 12.2. The topological polar surface area (TPSA) is 92.7 Å². The Kier molecular flexibility index (Phi) is 4.61. The lowest BCUT2D eigenvalue weighted by Gasteiger charge is -2.32. The molecule has 1 aromatic rings. The average Bonchev–Trinajstić information content (AvgIpc) is 2.45. The fraction of sp³-hybridized carbons (Fsp3) is 0.438. The maximum atomic E-state index is 12.2. The number of ketones is 1. The van der Waals surface area contributed by atoms with Gasteiger partial charge in [0.2, 0.25) is 5.91 Å². The molecule has 1 fully saturated rings. The number of Topliss-reactive ketones (excluding diaryl/α,β-unsaturated/α-hetero) is 1. The molecular weight excluding hydrogens is 286 g/mol. The molecule has 118 valence electrons. The highest BCUT2D eigenvalue weighted by atomic mass is 16.5. The number of carbonyl (C=O) groups excluding carboxylic acids is 3. The molecule has 22 heavy (non-hydrogen) atoms. The van der Waals surface area contributed by atoms with Crippen molar-refractivity contribution in [1.29, 1.82) is 0 Å². The van der Waals surface area contributed by atoms with Crippen LogP contribution in [0.25, 0.3) is 0 Å². The second-order valence-corrected chi connectivity index (χ2v) is 5.88. The molecule has 0 spiro atoms. The molecule has 0 saturated heterocycles. The lowest BCUT2D eigenvalue weighted by molar-refractivity contribution is -0.136. The summed E-state index contributed by atoms with van der Waals surface area (Å²) < 4.78 is 4.60. The Morgan fingerprint density at radius 3 is 2.50 bits per heavy atom. The third-order valence-corrected chi connectivity index (χ3v) is 3.68. The molecule has 1 aromatic carbocycles. The number of aliphatic hydroxyl groups is 1. The molecule has 0 aromatic heterocycles. The molecule has 2 unspecified atom stereocenters. The van der Waals surface area contributed by atoms with E-state index in [1.165, 1.54) is 7.11 Å². The molecule has 0 radical (unpaired) electrons. The average molecular weight is 305 g/mol. The second-order valence-electron chi connectivity index (χ2n) is 5.88. The highest BCUT2D eigenvalue weighted by Gasteiger charge is 2.37. The van der Waals surface area contributed by atoms with E-state index in [2.05, 4.69) is 10.1 Å². The summed E-state index contributed by atoms with van der Waals surface area (Å²) in [7, 11) is 1.30. The molecular formula is C16H19NO5. The molecule has 6 heteroatoms.